The van der Waals surface area contributed by atoms with E-state index in [2.05, 4.69) is 5.32 Å². The average Bonchev–Trinajstić information content (AvgIpc) is 2.75. The van der Waals surface area contributed by atoms with Crippen molar-refractivity contribution in [2.24, 2.45) is 5.92 Å². The molecule has 0 aromatic heterocycles. The molecule has 2 N–H and O–H groups in total. The fourth-order valence-corrected chi connectivity index (χ4v) is 2.41. The lowest BCUT2D eigenvalue weighted by molar-refractivity contribution is -0.153. The Morgan fingerprint density at radius 3 is 2.82 bits per heavy atom. The van der Waals surface area contributed by atoms with Gasteiger partial charge in [-0.1, -0.05) is 0 Å². The van der Waals surface area contributed by atoms with E-state index in [9.17, 15) is 9.59 Å². The predicted octanol–water partition coefficient (Wildman–Crippen LogP) is -0.704. The molecule has 2 aliphatic heterocycles. The SMILES string of the molecule is CC1CC(C(=O)N2CCNCC2C(=O)O)CO1. The molecule has 96 valence electrons. The van der Waals surface area contributed by atoms with Gasteiger partial charge in [0.2, 0.25) is 5.91 Å². The van der Waals surface area contributed by atoms with Crippen LogP contribution in [0.15, 0.2) is 0 Å². The maximum absolute atomic E-state index is 12.2. The summed E-state index contributed by atoms with van der Waals surface area (Å²) in [5, 5.41) is 12.1. The number of carboxylic acids is 1. The van der Waals surface area contributed by atoms with E-state index in [-0.39, 0.29) is 17.9 Å². The van der Waals surface area contributed by atoms with E-state index in [1.165, 1.54) is 4.90 Å². The Kier molecular flexibility index (Phi) is 3.63. The third-order valence-corrected chi connectivity index (χ3v) is 3.36. The van der Waals surface area contributed by atoms with Crippen LogP contribution in [0.4, 0.5) is 0 Å². The zero-order valence-electron chi connectivity index (χ0n) is 9.89. The van der Waals surface area contributed by atoms with Crippen LogP contribution in [0.25, 0.3) is 0 Å². The van der Waals surface area contributed by atoms with Gasteiger partial charge in [0.25, 0.3) is 0 Å². The van der Waals surface area contributed by atoms with Gasteiger partial charge in [-0.3, -0.25) is 4.79 Å². The Labute approximate surface area is 99.9 Å². The summed E-state index contributed by atoms with van der Waals surface area (Å²) in [6, 6.07) is -0.743. The standard InChI is InChI=1S/C11H18N2O4/c1-7-4-8(6-17-7)10(14)13-3-2-12-5-9(13)11(15)16/h7-9,12H,2-6H2,1H3,(H,15,16). The van der Waals surface area contributed by atoms with E-state index in [4.69, 9.17) is 9.84 Å². The number of carboxylic acid groups (broad SMARTS) is 1. The van der Waals surface area contributed by atoms with Gasteiger partial charge in [-0.2, -0.15) is 0 Å². The Hall–Kier alpha value is -1.14. The molecule has 0 aliphatic carbocycles. The lowest BCUT2D eigenvalue weighted by Crippen LogP contribution is -2.58. The van der Waals surface area contributed by atoms with Gasteiger partial charge in [0.15, 0.2) is 0 Å². The summed E-state index contributed by atoms with van der Waals surface area (Å²) in [5.74, 6) is -1.20. The quantitative estimate of drug-likeness (QED) is 0.669. The number of hydrogen-bond acceptors (Lipinski definition) is 4. The smallest absolute Gasteiger partial charge is 0.327 e. The lowest BCUT2D eigenvalue weighted by atomic mass is 10.0. The van der Waals surface area contributed by atoms with Crippen molar-refractivity contribution >= 4 is 11.9 Å². The highest BCUT2D eigenvalue weighted by molar-refractivity contribution is 5.85. The van der Waals surface area contributed by atoms with Crippen LogP contribution in [0, 0.1) is 5.92 Å². The van der Waals surface area contributed by atoms with Crippen molar-refractivity contribution in [2.75, 3.05) is 26.2 Å². The number of aliphatic carboxylic acids is 1. The minimum Gasteiger partial charge on any atom is -0.480 e. The van der Waals surface area contributed by atoms with Crippen LogP contribution in [0.1, 0.15) is 13.3 Å². The number of carbonyl (C=O) groups excluding carboxylic acids is 1. The molecule has 3 atom stereocenters. The zero-order valence-corrected chi connectivity index (χ0v) is 9.89. The van der Waals surface area contributed by atoms with Gasteiger partial charge in [-0.15, -0.1) is 0 Å². The zero-order chi connectivity index (χ0) is 12.4. The van der Waals surface area contributed by atoms with Crippen molar-refractivity contribution in [2.45, 2.75) is 25.5 Å². The van der Waals surface area contributed by atoms with Crippen molar-refractivity contribution < 1.29 is 19.4 Å². The number of rotatable bonds is 2. The number of hydrogen-bond donors (Lipinski definition) is 2. The van der Waals surface area contributed by atoms with E-state index >= 15 is 0 Å². The summed E-state index contributed by atoms with van der Waals surface area (Å²) < 4.78 is 5.36. The molecule has 2 heterocycles. The number of piperazine rings is 1. The normalized spacial score (nSPS) is 33.7. The molecule has 2 aliphatic rings. The minimum atomic E-state index is -0.947. The molecule has 0 spiro atoms. The van der Waals surface area contributed by atoms with E-state index < -0.39 is 12.0 Å². The summed E-state index contributed by atoms with van der Waals surface area (Å²) >= 11 is 0. The van der Waals surface area contributed by atoms with Crippen LogP contribution in [0.3, 0.4) is 0 Å². The Morgan fingerprint density at radius 1 is 1.47 bits per heavy atom. The van der Waals surface area contributed by atoms with Crippen LogP contribution in [-0.4, -0.2) is 60.3 Å². The van der Waals surface area contributed by atoms with Gasteiger partial charge >= 0.3 is 5.97 Å². The van der Waals surface area contributed by atoms with Gasteiger partial charge in [0.1, 0.15) is 6.04 Å². The number of nitrogens with one attached hydrogen (secondary N) is 1. The highest BCUT2D eigenvalue weighted by Crippen LogP contribution is 2.22. The molecule has 1 amide bonds. The third-order valence-electron chi connectivity index (χ3n) is 3.36. The molecule has 0 aromatic carbocycles. The third kappa shape index (κ3) is 2.58. The fraction of sp³-hybridized carbons (Fsp3) is 0.818. The predicted molar refractivity (Wildman–Crippen MR) is 59.5 cm³/mol. The Balaban J connectivity index is 2.03. The van der Waals surface area contributed by atoms with Crippen LogP contribution >= 0.6 is 0 Å². The van der Waals surface area contributed by atoms with Crippen LogP contribution in [0.2, 0.25) is 0 Å². The lowest BCUT2D eigenvalue weighted by Gasteiger charge is -2.34. The first kappa shape index (κ1) is 12.3. The van der Waals surface area contributed by atoms with E-state index in [0.29, 0.717) is 32.7 Å². The molecular formula is C11H18N2O4. The number of amides is 1. The second-order valence-electron chi connectivity index (χ2n) is 4.67. The van der Waals surface area contributed by atoms with Crippen molar-refractivity contribution in [3.8, 4) is 0 Å². The van der Waals surface area contributed by atoms with Crippen LogP contribution in [-0.2, 0) is 14.3 Å². The molecule has 6 nitrogen and oxygen atoms in total. The highest BCUT2D eigenvalue weighted by atomic mass is 16.5. The van der Waals surface area contributed by atoms with Gasteiger partial charge in [-0.25, -0.2) is 4.79 Å². The second kappa shape index (κ2) is 5.01. The first-order valence-corrected chi connectivity index (χ1v) is 5.95. The first-order chi connectivity index (χ1) is 8.09. The average molecular weight is 242 g/mol. The van der Waals surface area contributed by atoms with E-state index in [1.807, 2.05) is 6.92 Å². The number of ether oxygens (including phenoxy) is 1. The molecule has 6 heteroatoms. The molecule has 2 fully saturated rings. The summed E-state index contributed by atoms with van der Waals surface area (Å²) in [6.07, 6.45) is 0.782. The summed E-state index contributed by atoms with van der Waals surface area (Å²) in [7, 11) is 0. The van der Waals surface area contributed by atoms with Crippen molar-refractivity contribution in [1.82, 2.24) is 10.2 Å². The topological polar surface area (TPSA) is 78.9 Å². The number of nitrogens with zero attached hydrogens (tertiary/aromatic N) is 1. The molecule has 2 saturated heterocycles. The van der Waals surface area contributed by atoms with Gasteiger partial charge in [0.05, 0.1) is 18.6 Å². The molecule has 0 radical (unpaired) electrons. The molecular weight excluding hydrogens is 224 g/mol. The molecule has 0 bridgehead atoms. The molecule has 3 unspecified atom stereocenters. The highest BCUT2D eigenvalue weighted by Gasteiger charge is 2.38. The van der Waals surface area contributed by atoms with Crippen LogP contribution in [0.5, 0.6) is 0 Å². The maximum atomic E-state index is 12.2. The molecule has 17 heavy (non-hydrogen) atoms. The summed E-state index contributed by atoms with van der Waals surface area (Å²) in [4.78, 5) is 24.8. The second-order valence-corrected chi connectivity index (χ2v) is 4.67. The molecule has 0 aromatic rings. The number of carbonyl (C=O) groups is 2. The van der Waals surface area contributed by atoms with Gasteiger partial charge in [-0.05, 0) is 13.3 Å². The Morgan fingerprint density at radius 2 is 2.24 bits per heavy atom. The molecule has 0 saturated carbocycles. The maximum Gasteiger partial charge on any atom is 0.327 e. The van der Waals surface area contributed by atoms with Gasteiger partial charge in [0, 0.05) is 19.6 Å². The summed E-state index contributed by atoms with van der Waals surface area (Å²) in [5.41, 5.74) is 0. The monoisotopic (exact) mass is 242 g/mol. The van der Waals surface area contributed by atoms with Gasteiger partial charge < -0.3 is 20.1 Å². The first-order valence-electron chi connectivity index (χ1n) is 5.95. The summed E-state index contributed by atoms with van der Waals surface area (Å²) in [6.45, 7) is 3.78. The molecule has 2 rings (SSSR count). The van der Waals surface area contributed by atoms with Crippen molar-refractivity contribution in [3.63, 3.8) is 0 Å². The van der Waals surface area contributed by atoms with Crippen molar-refractivity contribution in [3.05, 3.63) is 0 Å². The fourth-order valence-electron chi connectivity index (χ4n) is 2.41. The van der Waals surface area contributed by atoms with E-state index in [1.54, 1.807) is 0 Å². The van der Waals surface area contributed by atoms with E-state index in [0.717, 1.165) is 0 Å². The largest absolute Gasteiger partial charge is 0.480 e. The van der Waals surface area contributed by atoms with Crippen molar-refractivity contribution in [1.29, 1.82) is 0 Å². The van der Waals surface area contributed by atoms with Crippen LogP contribution < -0.4 is 5.32 Å². The minimum absolute atomic E-state index is 0.0803. The Bertz CT molecular complexity index is 321.